The molecule has 3 aromatic heterocycles. The van der Waals surface area contributed by atoms with Crippen LogP contribution in [0.5, 0.6) is 0 Å². The summed E-state index contributed by atoms with van der Waals surface area (Å²) in [6.45, 7) is 4.76. The average molecular weight is 706 g/mol. The Morgan fingerprint density at radius 2 is 1.07 bits per heavy atom. The van der Waals surface area contributed by atoms with Crippen molar-refractivity contribution in [1.82, 2.24) is 24.1 Å². The van der Waals surface area contributed by atoms with E-state index < -0.39 is 0 Å². The van der Waals surface area contributed by atoms with E-state index in [9.17, 15) is 0 Å². The first-order valence-corrected chi connectivity index (χ1v) is 18.8. The molecule has 0 aliphatic carbocycles. The Morgan fingerprint density at radius 1 is 0.473 bits per heavy atom. The molecule has 0 amide bonds. The lowest BCUT2D eigenvalue weighted by atomic mass is 9.73. The lowest BCUT2D eigenvalue weighted by molar-refractivity contribution is 0.634. The van der Waals surface area contributed by atoms with Crippen molar-refractivity contribution in [2.75, 3.05) is 0 Å². The van der Waals surface area contributed by atoms with E-state index in [4.69, 9.17) is 15.0 Å². The van der Waals surface area contributed by atoms with Crippen molar-refractivity contribution in [3.05, 3.63) is 187 Å². The summed E-state index contributed by atoms with van der Waals surface area (Å²) in [4.78, 5) is 14.8. The van der Waals surface area contributed by atoms with Gasteiger partial charge < -0.3 is 9.13 Å². The van der Waals surface area contributed by atoms with E-state index >= 15 is 0 Å². The van der Waals surface area contributed by atoms with Gasteiger partial charge in [0.05, 0.1) is 16.6 Å². The van der Waals surface area contributed by atoms with E-state index in [0.717, 1.165) is 33.5 Å². The van der Waals surface area contributed by atoms with Gasteiger partial charge in [0.25, 0.3) is 0 Å². The van der Waals surface area contributed by atoms with E-state index in [1.165, 1.54) is 49.5 Å². The molecular weight excluding hydrogens is 671 g/mol. The molecule has 0 radical (unpaired) electrons. The number of hydrogen-bond donors (Lipinski definition) is 0. The summed E-state index contributed by atoms with van der Waals surface area (Å²) in [6, 6.07) is 60.0. The Bertz CT molecular complexity index is 3040. The van der Waals surface area contributed by atoms with Gasteiger partial charge in [-0.2, -0.15) is 0 Å². The Balaban J connectivity index is 1.03. The van der Waals surface area contributed by atoms with Gasteiger partial charge in [-0.1, -0.05) is 141 Å². The summed E-state index contributed by atoms with van der Waals surface area (Å²) in [5.74, 6) is 1.95. The highest BCUT2D eigenvalue weighted by Crippen LogP contribution is 2.50. The first kappa shape index (κ1) is 31.4. The number of hydrogen-bond acceptors (Lipinski definition) is 3. The molecule has 260 valence electrons. The molecule has 0 saturated carbocycles. The molecule has 5 heteroatoms. The summed E-state index contributed by atoms with van der Waals surface area (Å²) in [5.41, 5.74) is 13.7. The summed E-state index contributed by atoms with van der Waals surface area (Å²) in [6.07, 6.45) is 2.23. The summed E-state index contributed by atoms with van der Waals surface area (Å²) >= 11 is 0. The molecule has 1 aliphatic rings. The van der Waals surface area contributed by atoms with Crippen molar-refractivity contribution in [1.29, 1.82) is 0 Å². The normalized spacial score (nSPS) is 13.1. The third kappa shape index (κ3) is 4.83. The molecule has 55 heavy (non-hydrogen) atoms. The van der Waals surface area contributed by atoms with E-state index in [1.807, 2.05) is 60.7 Å². The lowest BCUT2D eigenvalue weighted by Gasteiger charge is -2.35. The van der Waals surface area contributed by atoms with Crippen LogP contribution < -0.4 is 0 Å². The quantitative estimate of drug-likeness (QED) is 0.179. The van der Waals surface area contributed by atoms with Gasteiger partial charge in [-0.15, -0.1) is 0 Å². The highest BCUT2D eigenvalue weighted by atomic mass is 15.0. The SMILES string of the molecule is CC1(C)c2ccccc2-n2ccc3cc4c(c1c32)c1ccccc1n4-c1ccc(-c2cccc(-c3nc(-c4ccccc4)nc(-c4ccccc4)n3)c2)cc1. The maximum Gasteiger partial charge on any atom is 0.164 e. The summed E-state index contributed by atoms with van der Waals surface area (Å²) < 4.78 is 4.83. The molecule has 0 bridgehead atoms. The van der Waals surface area contributed by atoms with Gasteiger partial charge in [-0.3, -0.25) is 0 Å². The fraction of sp³-hybridized carbons (Fsp3) is 0.0600. The molecule has 0 spiro atoms. The van der Waals surface area contributed by atoms with Crippen LogP contribution in [0, 0.1) is 0 Å². The monoisotopic (exact) mass is 705 g/mol. The van der Waals surface area contributed by atoms with E-state index in [-0.39, 0.29) is 5.41 Å². The van der Waals surface area contributed by atoms with E-state index in [2.05, 4.69) is 138 Å². The molecule has 5 nitrogen and oxygen atoms in total. The van der Waals surface area contributed by atoms with Crippen LogP contribution in [-0.2, 0) is 5.41 Å². The number of benzene rings is 7. The van der Waals surface area contributed by atoms with Crippen molar-refractivity contribution < 1.29 is 0 Å². The summed E-state index contributed by atoms with van der Waals surface area (Å²) in [7, 11) is 0. The van der Waals surface area contributed by atoms with Crippen LogP contribution in [0.1, 0.15) is 25.0 Å². The van der Waals surface area contributed by atoms with Gasteiger partial charge in [0.15, 0.2) is 17.5 Å². The van der Waals surface area contributed by atoms with Crippen molar-refractivity contribution in [3.63, 3.8) is 0 Å². The van der Waals surface area contributed by atoms with Crippen LogP contribution in [0.3, 0.4) is 0 Å². The molecule has 0 atom stereocenters. The molecule has 1 aliphatic heterocycles. The van der Waals surface area contributed by atoms with Crippen molar-refractivity contribution in [3.8, 4) is 56.7 Å². The van der Waals surface area contributed by atoms with E-state index in [1.54, 1.807) is 0 Å². The minimum Gasteiger partial charge on any atom is -0.316 e. The first-order chi connectivity index (χ1) is 27.0. The fourth-order valence-corrected chi connectivity index (χ4v) is 8.77. The molecule has 0 N–H and O–H groups in total. The van der Waals surface area contributed by atoms with Gasteiger partial charge in [0.1, 0.15) is 0 Å². The van der Waals surface area contributed by atoms with Gasteiger partial charge >= 0.3 is 0 Å². The maximum atomic E-state index is 4.98. The Hall–Kier alpha value is -7.11. The average Bonchev–Trinajstić information content (AvgIpc) is 3.82. The molecule has 4 heterocycles. The van der Waals surface area contributed by atoms with Crippen molar-refractivity contribution in [2.45, 2.75) is 19.3 Å². The Kier molecular flexibility index (Phi) is 6.83. The molecule has 10 aromatic rings. The van der Waals surface area contributed by atoms with Crippen LogP contribution in [0.25, 0.3) is 89.4 Å². The second-order valence-corrected chi connectivity index (χ2v) is 14.9. The van der Waals surface area contributed by atoms with Gasteiger partial charge in [0, 0.05) is 55.8 Å². The third-order valence-corrected chi connectivity index (χ3v) is 11.3. The second-order valence-electron chi connectivity index (χ2n) is 14.9. The molecule has 0 unspecified atom stereocenters. The number of nitrogens with zero attached hydrogens (tertiary/aromatic N) is 5. The minimum atomic E-state index is -0.186. The standard InChI is InChI=1S/C50H35N5/c1-50(2)40-21-10-12-23-42(40)54-29-28-36-31-43-44(45(50)46(36)54)39-20-9-11-22-41(39)55(43)38-26-24-32(25-27-38)35-18-13-19-37(30-35)49-52-47(33-14-5-3-6-15-33)51-48(53-49)34-16-7-4-8-17-34/h3-31H,1-2H3. The second kappa shape index (κ2) is 12.0. The van der Waals surface area contributed by atoms with Crippen LogP contribution in [0.15, 0.2) is 176 Å². The molecule has 0 saturated heterocycles. The van der Waals surface area contributed by atoms with Crippen molar-refractivity contribution in [2.24, 2.45) is 0 Å². The lowest BCUT2D eigenvalue weighted by Crippen LogP contribution is -2.26. The molecule has 0 fully saturated rings. The fourth-order valence-electron chi connectivity index (χ4n) is 8.77. The number of aromatic nitrogens is 5. The zero-order valence-corrected chi connectivity index (χ0v) is 30.5. The number of para-hydroxylation sites is 2. The zero-order chi connectivity index (χ0) is 36.7. The molecule has 11 rings (SSSR count). The Morgan fingerprint density at radius 3 is 1.80 bits per heavy atom. The van der Waals surface area contributed by atoms with Gasteiger partial charge in [0.2, 0.25) is 0 Å². The predicted molar refractivity (Wildman–Crippen MR) is 225 cm³/mol. The van der Waals surface area contributed by atoms with Crippen LogP contribution >= 0.6 is 0 Å². The number of fused-ring (bicyclic) bond motifs is 6. The van der Waals surface area contributed by atoms with Crippen LogP contribution in [0.4, 0.5) is 0 Å². The number of rotatable bonds is 5. The Labute approximate surface area is 318 Å². The van der Waals surface area contributed by atoms with Gasteiger partial charge in [-0.25, -0.2) is 15.0 Å². The summed E-state index contributed by atoms with van der Waals surface area (Å²) in [5, 5.41) is 3.85. The third-order valence-electron chi connectivity index (χ3n) is 11.3. The maximum absolute atomic E-state index is 4.98. The van der Waals surface area contributed by atoms with E-state index in [0.29, 0.717) is 17.5 Å². The zero-order valence-electron chi connectivity index (χ0n) is 30.5. The predicted octanol–water partition coefficient (Wildman–Crippen LogP) is 12.2. The molecule has 7 aromatic carbocycles. The molecular formula is C50H35N5. The van der Waals surface area contributed by atoms with Crippen LogP contribution in [-0.4, -0.2) is 24.1 Å². The largest absolute Gasteiger partial charge is 0.316 e. The highest BCUT2D eigenvalue weighted by molar-refractivity contribution is 6.17. The van der Waals surface area contributed by atoms with Gasteiger partial charge in [-0.05, 0) is 64.7 Å². The van der Waals surface area contributed by atoms with Crippen LogP contribution in [0.2, 0.25) is 0 Å². The van der Waals surface area contributed by atoms with Crippen molar-refractivity contribution >= 4 is 32.7 Å². The smallest absolute Gasteiger partial charge is 0.164 e. The topological polar surface area (TPSA) is 48.5 Å². The minimum absolute atomic E-state index is 0.186. The first-order valence-electron chi connectivity index (χ1n) is 18.8. The highest BCUT2D eigenvalue weighted by Gasteiger charge is 2.36.